The molecule has 2 aromatic heterocycles. The number of rotatable bonds is 6. The lowest BCUT2D eigenvalue weighted by atomic mass is 10.1. The number of halogens is 1. The molecule has 0 atom stereocenters. The average Bonchev–Trinajstić information content (AvgIpc) is 3.17. The number of nitrogens with zero attached hydrogens (tertiary/aromatic N) is 3. The van der Waals surface area contributed by atoms with Crippen LogP contribution in [-0.2, 0) is 0 Å². The van der Waals surface area contributed by atoms with Crippen molar-refractivity contribution in [3.05, 3.63) is 69.6 Å². The summed E-state index contributed by atoms with van der Waals surface area (Å²) in [6, 6.07) is 12.9. The van der Waals surface area contributed by atoms with Crippen LogP contribution < -0.4 is 10.5 Å². The minimum absolute atomic E-state index is 0. The minimum atomic E-state index is -0.630. The molecule has 8 heteroatoms. The van der Waals surface area contributed by atoms with E-state index in [9.17, 15) is 9.59 Å². The fourth-order valence-corrected chi connectivity index (χ4v) is 4.56. The number of carbonyl (C=O) groups excluding carboxylic acids is 1. The van der Waals surface area contributed by atoms with Gasteiger partial charge in [0.25, 0.3) is 5.91 Å². The standard InChI is InChI=1S/C24H25N3O3S.ClH/c1-15-10-11-20-21(16(15)2)25-24(31-20)27(13-7-12-26(3)4)22(28)18-14-17-8-5-6-9-19(17)30-23(18)29;/h5-6,8-11,14H,7,12-13H2,1-4H3;1H. The molecule has 0 bridgehead atoms. The summed E-state index contributed by atoms with van der Waals surface area (Å²) >= 11 is 1.47. The maximum atomic E-state index is 13.5. The second kappa shape index (κ2) is 9.81. The summed E-state index contributed by atoms with van der Waals surface area (Å²) in [5, 5.41) is 1.31. The molecule has 0 aliphatic rings. The van der Waals surface area contributed by atoms with Crippen molar-refractivity contribution in [2.45, 2.75) is 20.3 Å². The molecule has 0 fully saturated rings. The molecule has 1 amide bonds. The van der Waals surface area contributed by atoms with Crippen LogP contribution in [0.4, 0.5) is 5.13 Å². The van der Waals surface area contributed by atoms with E-state index in [-0.39, 0.29) is 23.9 Å². The predicted molar refractivity (Wildman–Crippen MR) is 134 cm³/mol. The van der Waals surface area contributed by atoms with Gasteiger partial charge in [0.2, 0.25) is 0 Å². The highest BCUT2D eigenvalue weighted by Gasteiger charge is 2.25. The highest BCUT2D eigenvalue weighted by molar-refractivity contribution is 7.22. The van der Waals surface area contributed by atoms with Gasteiger partial charge in [0, 0.05) is 11.9 Å². The van der Waals surface area contributed by atoms with E-state index in [0.29, 0.717) is 17.3 Å². The lowest BCUT2D eigenvalue weighted by Gasteiger charge is -2.20. The second-order valence-corrected chi connectivity index (χ2v) is 8.96. The van der Waals surface area contributed by atoms with Gasteiger partial charge in [-0.3, -0.25) is 9.69 Å². The summed E-state index contributed by atoms with van der Waals surface area (Å²) in [6.45, 7) is 5.37. The molecule has 0 aliphatic carbocycles. The molecule has 4 aromatic rings. The van der Waals surface area contributed by atoms with E-state index in [4.69, 9.17) is 9.40 Å². The first-order valence-electron chi connectivity index (χ1n) is 10.2. The van der Waals surface area contributed by atoms with Crippen molar-refractivity contribution in [2.24, 2.45) is 0 Å². The Labute approximate surface area is 196 Å². The number of benzene rings is 2. The van der Waals surface area contributed by atoms with Crippen molar-refractivity contribution in [3.63, 3.8) is 0 Å². The van der Waals surface area contributed by atoms with E-state index in [1.807, 2.05) is 46.1 Å². The average molecular weight is 472 g/mol. The van der Waals surface area contributed by atoms with Crippen molar-refractivity contribution < 1.29 is 9.21 Å². The van der Waals surface area contributed by atoms with Crippen LogP contribution in [0.5, 0.6) is 0 Å². The molecule has 0 spiro atoms. The number of hydrogen-bond acceptors (Lipinski definition) is 6. The van der Waals surface area contributed by atoms with Crippen molar-refractivity contribution in [1.82, 2.24) is 9.88 Å². The van der Waals surface area contributed by atoms with Crippen molar-refractivity contribution in [2.75, 3.05) is 32.1 Å². The minimum Gasteiger partial charge on any atom is -0.422 e. The molecule has 6 nitrogen and oxygen atoms in total. The molecule has 2 aromatic carbocycles. The van der Waals surface area contributed by atoms with E-state index < -0.39 is 5.63 Å². The monoisotopic (exact) mass is 471 g/mol. The molecule has 4 rings (SSSR count). The van der Waals surface area contributed by atoms with Crippen molar-refractivity contribution in [3.8, 4) is 0 Å². The third-order valence-electron chi connectivity index (χ3n) is 5.41. The third kappa shape index (κ3) is 4.70. The van der Waals surface area contributed by atoms with Gasteiger partial charge in [-0.15, -0.1) is 12.4 Å². The molecule has 0 saturated carbocycles. The smallest absolute Gasteiger partial charge is 0.349 e. The van der Waals surface area contributed by atoms with Crippen molar-refractivity contribution in [1.29, 1.82) is 0 Å². The Bertz CT molecular complexity index is 1330. The normalized spacial score (nSPS) is 11.2. The summed E-state index contributed by atoms with van der Waals surface area (Å²) in [6.07, 6.45) is 0.756. The zero-order valence-electron chi connectivity index (χ0n) is 18.5. The first kappa shape index (κ1) is 23.9. The van der Waals surface area contributed by atoms with E-state index in [0.717, 1.165) is 39.7 Å². The molecule has 168 valence electrons. The van der Waals surface area contributed by atoms with Crippen LogP contribution in [0.2, 0.25) is 0 Å². The molecule has 0 radical (unpaired) electrons. The molecule has 32 heavy (non-hydrogen) atoms. The first-order chi connectivity index (χ1) is 14.8. The number of thiazole rings is 1. The van der Waals surface area contributed by atoms with Gasteiger partial charge in [0.15, 0.2) is 5.13 Å². The first-order valence-corrected chi connectivity index (χ1v) is 11.0. The predicted octanol–water partition coefficient (Wildman–Crippen LogP) is 5.04. The molecule has 2 heterocycles. The lowest BCUT2D eigenvalue weighted by Crippen LogP contribution is -2.36. The van der Waals surface area contributed by atoms with Crippen LogP contribution in [0.15, 0.2) is 51.7 Å². The Morgan fingerprint density at radius 3 is 2.59 bits per heavy atom. The summed E-state index contributed by atoms with van der Waals surface area (Å²) in [5.74, 6) is -0.383. The van der Waals surface area contributed by atoms with Crippen LogP contribution in [-0.4, -0.2) is 43.0 Å². The summed E-state index contributed by atoms with van der Waals surface area (Å²) in [7, 11) is 3.99. The number of fused-ring (bicyclic) bond motifs is 2. The highest BCUT2D eigenvalue weighted by Crippen LogP contribution is 2.32. The number of para-hydroxylation sites is 1. The Kier molecular flexibility index (Phi) is 7.33. The molecule has 0 saturated heterocycles. The number of carbonyl (C=O) groups is 1. The van der Waals surface area contributed by atoms with Crippen LogP contribution >= 0.6 is 23.7 Å². The topological polar surface area (TPSA) is 66.7 Å². The number of anilines is 1. The fourth-order valence-electron chi connectivity index (χ4n) is 3.52. The summed E-state index contributed by atoms with van der Waals surface area (Å²) in [4.78, 5) is 34.6. The number of amides is 1. The van der Waals surface area contributed by atoms with Gasteiger partial charge in [0.1, 0.15) is 11.1 Å². The molecule has 0 N–H and O–H groups in total. The van der Waals surface area contributed by atoms with Gasteiger partial charge in [-0.2, -0.15) is 0 Å². The van der Waals surface area contributed by atoms with E-state index in [2.05, 4.69) is 11.0 Å². The SMILES string of the molecule is Cc1ccc2sc(N(CCCN(C)C)C(=O)c3cc4ccccc4oc3=O)nc2c1C.Cl. The summed E-state index contributed by atoms with van der Waals surface area (Å²) in [5.41, 5.74) is 3.02. The van der Waals surface area contributed by atoms with Gasteiger partial charge in [-0.1, -0.05) is 35.6 Å². The van der Waals surface area contributed by atoms with Gasteiger partial charge in [-0.05, 0) is 70.2 Å². The zero-order chi connectivity index (χ0) is 22.1. The van der Waals surface area contributed by atoms with Crippen LogP contribution in [0.25, 0.3) is 21.2 Å². The summed E-state index contributed by atoms with van der Waals surface area (Å²) < 4.78 is 6.43. The Morgan fingerprint density at radius 1 is 1.09 bits per heavy atom. The van der Waals surface area contributed by atoms with Crippen molar-refractivity contribution >= 4 is 56.0 Å². The van der Waals surface area contributed by atoms with Crippen LogP contribution in [0.3, 0.4) is 0 Å². The zero-order valence-corrected chi connectivity index (χ0v) is 20.2. The third-order valence-corrected chi connectivity index (χ3v) is 6.45. The Hall–Kier alpha value is -2.74. The highest BCUT2D eigenvalue weighted by atomic mass is 35.5. The van der Waals surface area contributed by atoms with E-state index in [1.165, 1.54) is 11.3 Å². The molecule has 0 aliphatic heterocycles. The molecular weight excluding hydrogens is 446 g/mol. The number of hydrogen-bond donors (Lipinski definition) is 0. The fraction of sp³-hybridized carbons (Fsp3) is 0.292. The maximum Gasteiger partial charge on any atom is 0.349 e. The number of aromatic nitrogens is 1. The van der Waals surface area contributed by atoms with Crippen LogP contribution in [0.1, 0.15) is 27.9 Å². The largest absolute Gasteiger partial charge is 0.422 e. The van der Waals surface area contributed by atoms with E-state index >= 15 is 0 Å². The van der Waals surface area contributed by atoms with Crippen LogP contribution in [0, 0.1) is 13.8 Å². The second-order valence-electron chi connectivity index (χ2n) is 7.95. The maximum absolute atomic E-state index is 13.5. The van der Waals surface area contributed by atoms with Gasteiger partial charge in [0.05, 0.1) is 10.2 Å². The number of aryl methyl sites for hydroxylation is 2. The van der Waals surface area contributed by atoms with Gasteiger partial charge < -0.3 is 9.32 Å². The Balaban J connectivity index is 0.00000289. The molecule has 0 unspecified atom stereocenters. The lowest BCUT2D eigenvalue weighted by molar-refractivity contribution is 0.0982. The quantitative estimate of drug-likeness (QED) is 0.368. The Morgan fingerprint density at radius 2 is 1.84 bits per heavy atom. The molecular formula is C24H26ClN3O3S. The van der Waals surface area contributed by atoms with Gasteiger partial charge in [-0.25, -0.2) is 9.78 Å². The van der Waals surface area contributed by atoms with Gasteiger partial charge >= 0.3 is 5.63 Å². The van der Waals surface area contributed by atoms with E-state index in [1.54, 1.807) is 23.1 Å².